The van der Waals surface area contributed by atoms with Crippen LogP contribution in [-0.4, -0.2) is 23.8 Å². The molecule has 4 rings (SSSR count). The van der Waals surface area contributed by atoms with Crippen molar-refractivity contribution >= 4 is 17.7 Å². The first-order valence-electron chi connectivity index (χ1n) is 11.2. The molecule has 0 bridgehead atoms. The van der Waals surface area contributed by atoms with Crippen molar-refractivity contribution in [2.45, 2.75) is 91.6 Å². The van der Waals surface area contributed by atoms with E-state index in [4.69, 9.17) is 9.57 Å². The molecule has 0 radical (unpaired) electrons. The molecule has 0 unspecified atom stereocenters. The summed E-state index contributed by atoms with van der Waals surface area (Å²) in [5.41, 5.74) is 1.57. The minimum absolute atomic E-state index is 0.0920. The van der Waals surface area contributed by atoms with Crippen LogP contribution < -0.4 is 0 Å². The lowest BCUT2D eigenvalue weighted by molar-refractivity contribution is -0.158. The Morgan fingerprint density at radius 2 is 1.75 bits per heavy atom. The topological polar surface area (TPSA) is 65.0 Å². The minimum atomic E-state index is -0.328. The first kappa shape index (κ1) is 19.9. The zero-order valence-electron chi connectivity index (χ0n) is 17.8. The van der Waals surface area contributed by atoms with Gasteiger partial charge in [-0.3, -0.25) is 4.79 Å². The van der Waals surface area contributed by atoms with Crippen molar-refractivity contribution in [1.29, 1.82) is 0 Å². The van der Waals surface area contributed by atoms with Crippen LogP contribution in [0, 0.1) is 34.5 Å². The zero-order valence-corrected chi connectivity index (χ0v) is 17.8. The van der Waals surface area contributed by atoms with Crippen LogP contribution in [0.25, 0.3) is 0 Å². The molecule has 0 aromatic carbocycles. The molecule has 4 saturated carbocycles. The molecule has 0 spiro atoms. The predicted molar refractivity (Wildman–Crippen MR) is 106 cm³/mol. The summed E-state index contributed by atoms with van der Waals surface area (Å²) < 4.78 is 5.57. The van der Waals surface area contributed by atoms with Gasteiger partial charge >= 0.3 is 11.9 Å². The lowest BCUT2D eigenvalue weighted by Crippen LogP contribution is -2.54. The summed E-state index contributed by atoms with van der Waals surface area (Å²) in [7, 11) is 0. The molecular formula is C23H35NO4. The second-order valence-electron chi connectivity index (χ2n) is 10.3. The van der Waals surface area contributed by atoms with Gasteiger partial charge in [-0.25, -0.2) is 4.79 Å². The number of rotatable bonds is 2. The maximum atomic E-state index is 11.4. The van der Waals surface area contributed by atoms with Crippen molar-refractivity contribution in [3.8, 4) is 0 Å². The summed E-state index contributed by atoms with van der Waals surface area (Å²) in [5, 5.41) is 4.27. The van der Waals surface area contributed by atoms with Gasteiger partial charge in [0.2, 0.25) is 0 Å². The second kappa shape index (κ2) is 7.14. The van der Waals surface area contributed by atoms with Crippen molar-refractivity contribution in [1.82, 2.24) is 0 Å². The predicted octanol–water partition coefficient (Wildman–Crippen LogP) is 4.88. The molecule has 0 amide bonds. The molecule has 0 aromatic heterocycles. The lowest BCUT2D eigenvalue weighted by atomic mass is 9.45. The molecule has 5 heteroatoms. The normalized spacial score (nSPS) is 46.3. The van der Waals surface area contributed by atoms with E-state index in [0.29, 0.717) is 17.3 Å². The van der Waals surface area contributed by atoms with E-state index in [2.05, 4.69) is 19.0 Å². The maximum absolute atomic E-state index is 11.4. The quantitative estimate of drug-likeness (QED) is 0.383. The molecule has 0 aromatic rings. The third-order valence-electron chi connectivity index (χ3n) is 8.98. The molecule has 0 N–H and O–H groups in total. The van der Waals surface area contributed by atoms with Gasteiger partial charge in [0.15, 0.2) is 0 Å². The average molecular weight is 390 g/mol. The molecule has 156 valence electrons. The van der Waals surface area contributed by atoms with E-state index in [-0.39, 0.29) is 23.5 Å². The van der Waals surface area contributed by atoms with Crippen LogP contribution in [0.1, 0.15) is 85.5 Å². The van der Waals surface area contributed by atoms with Gasteiger partial charge in [-0.1, -0.05) is 19.0 Å². The largest absolute Gasteiger partial charge is 0.463 e. The fourth-order valence-electron chi connectivity index (χ4n) is 7.62. The van der Waals surface area contributed by atoms with Crippen LogP contribution in [0.15, 0.2) is 5.16 Å². The van der Waals surface area contributed by atoms with E-state index in [1.54, 1.807) is 0 Å². The summed E-state index contributed by atoms with van der Waals surface area (Å²) in [4.78, 5) is 27.7. The van der Waals surface area contributed by atoms with Crippen LogP contribution in [0.5, 0.6) is 0 Å². The van der Waals surface area contributed by atoms with E-state index in [1.807, 2.05) is 0 Å². The molecule has 0 aliphatic heterocycles. The smallest absolute Gasteiger partial charge is 0.331 e. The van der Waals surface area contributed by atoms with Crippen molar-refractivity contribution in [2.24, 2.45) is 39.7 Å². The molecular weight excluding hydrogens is 354 g/mol. The number of hydrogen-bond acceptors (Lipinski definition) is 5. The molecule has 28 heavy (non-hydrogen) atoms. The van der Waals surface area contributed by atoms with Crippen LogP contribution >= 0.6 is 0 Å². The number of esters is 1. The number of nitrogens with zero attached hydrogens (tertiary/aromatic N) is 1. The van der Waals surface area contributed by atoms with Crippen molar-refractivity contribution < 1.29 is 19.2 Å². The van der Waals surface area contributed by atoms with Crippen LogP contribution in [0.2, 0.25) is 0 Å². The summed E-state index contributed by atoms with van der Waals surface area (Å²) in [6.07, 6.45) is 10.4. The standard InChI is InChI=1S/C23H35NO4/c1-14(25)27-17-9-11-22(3)16(13-17)5-6-18-19-7-8-21(24-28-15(2)26)23(19,4)12-10-20(18)22/h16-20H,5-13H2,1-4H3/b24-21+/t16-,17+,18-,19+,20-,22-,23-/m0/s1. The average Bonchev–Trinajstić information content (AvgIpc) is 2.96. The Hall–Kier alpha value is -1.39. The van der Waals surface area contributed by atoms with Crippen LogP contribution in [-0.2, 0) is 19.2 Å². The zero-order chi connectivity index (χ0) is 20.1. The van der Waals surface area contributed by atoms with E-state index in [9.17, 15) is 9.59 Å². The minimum Gasteiger partial charge on any atom is -0.463 e. The van der Waals surface area contributed by atoms with Gasteiger partial charge in [0.25, 0.3) is 0 Å². The Labute approximate surface area is 168 Å². The molecule has 4 fully saturated rings. The Kier molecular flexibility index (Phi) is 5.08. The van der Waals surface area contributed by atoms with Gasteiger partial charge in [-0.05, 0) is 86.9 Å². The molecule has 0 saturated heterocycles. The summed E-state index contributed by atoms with van der Waals surface area (Å²) in [6, 6.07) is 0. The molecule has 4 aliphatic rings. The Balaban J connectivity index is 1.52. The lowest BCUT2D eigenvalue weighted by Gasteiger charge is -2.60. The van der Waals surface area contributed by atoms with E-state index in [0.717, 1.165) is 43.2 Å². The summed E-state index contributed by atoms with van der Waals surface area (Å²) >= 11 is 0. The number of hydrogen-bond donors (Lipinski definition) is 0. The number of carbonyl (C=O) groups is 2. The first-order valence-corrected chi connectivity index (χ1v) is 11.2. The van der Waals surface area contributed by atoms with Gasteiger partial charge in [-0.2, -0.15) is 0 Å². The number of fused-ring (bicyclic) bond motifs is 5. The summed E-state index contributed by atoms with van der Waals surface area (Å²) in [6.45, 7) is 7.82. The molecule has 5 nitrogen and oxygen atoms in total. The third-order valence-corrected chi connectivity index (χ3v) is 8.98. The fraction of sp³-hybridized carbons (Fsp3) is 0.870. The third kappa shape index (κ3) is 3.19. The van der Waals surface area contributed by atoms with E-state index < -0.39 is 0 Å². The number of ether oxygens (including phenoxy) is 1. The van der Waals surface area contributed by atoms with Gasteiger partial charge in [0.1, 0.15) is 6.10 Å². The first-order chi connectivity index (χ1) is 13.2. The molecule has 0 heterocycles. The van der Waals surface area contributed by atoms with E-state index >= 15 is 0 Å². The van der Waals surface area contributed by atoms with Gasteiger partial charge in [0.05, 0.1) is 5.71 Å². The van der Waals surface area contributed by atoms with Gasteiger partial charge in [-0.15, -0.1) is 0 Å². The van der Waals surface area contributed by atoms with Crippen LogP contribution in [0.3, 0.4) is 0 Å². The van der Waals surface area contributed by atoms with Crippen LogP contribution in [0.4, 0.5) is 0 Å². The van der Waals surface area contributed by atoms with Crippen molar-refractivity contribution in [2.75, 3.05) is 0 Å². The van der Waals surface area contributed by atoms with Gasteiger partial charge in [0, 0.05) is 19.3 Å². The highest BCUT2D eigenvalue weighted by atomic mass is 16.7. The van der Waals surface area contributed by atoms with Gasteiger partial charge < -0.3 is 9.57 Å². The Morgan fingerprint density at radius 1 is 0.964 bits per heavy atom. The summed E-state index contributed by atoms with van der Waals surface area (Å²) in [5.74, 6) is 2.37. The Bertz CT molecular complexity index is 688. The highest BCUT2D eigenvalue weighted by Crippen LogP contribution is 2.65. The highest BCUT2D eigenvalue weighted by Gasteiger charge is 2.59. The monoisotopic (exact) mass is 389 g/mol. The fourth-order valence-corrected chi connectivity index (χ4v) is 7.62. The van der Waals surface area contributed by atoms with Crippen molar-refractivity contribution in [3.05, 3.63) is 0 Å². The highest BCUT2D eigenvalue weighted by molar-refractivity contribution is 5.92. The molecule has 7 atom stereocenters. The maximum Gasteiger partial charge on any atom is 0.331 e. The number of oxime groups is 1. The SMILES string of the molecule is CC(=O)O/N=C1\CC[C@@H]2[C@@H]3CC[C@H]4C[C@H](OC(C)=O)CC[C@]4(C)[C@H]3CC[C@]12C. The van der Waals surface area contributed by atoms with E-state index in [1.165, 1.54) is 46.0 Å². The Morgan fingerprint density at radius 3 is 2.46 bits per heavy atom. The van der Waals surface area contributed by atoms with Crippen molar-refractivity contribution in [3.63, 3.8) is 0 Å². The number of carbonyl (C=O) groups excluding carboxylic acids is 2. The molecule has 4 aliphatic carbocycles. The second-order valence-corrected chi connectivity index (χ2v) is 10.3.